The molecule has 248 valence electrons. The standard InChI is InChI=1S/C39H47N3O5/c1-27(33-17-16-30-9-6-7-10-34(30)23-33)42(3)25-36-24-37(31-14-12-29(26-43)13-15-31)47-39(46-36)32-18-20-35(21-19-32)41-38(45)11-5-4-8-22-40-28(2)44/h6-7,9-10,12-21,23,27,36-37,39,43H,4-5,8,11,22,24-26H2,1-3H3,(H,40,44)(H,41,45)/t27-,36+,37-,39-/m1/s1. The molecule has 0 aliphatic carbocycles. The molecular formula is C39H47N3O5. The zero-order chi connectivity index (χ0) is 33.2. The second-order valence-corrected chi connectivity index (χ2v) is 12.5. The Morgan fingerprint density at radius 2 is 1.62 bits per heavy atom. The first kappa shape index (κ1) is 34.3. The van der Waals surface area contributed by atoms with Crippen molar-refractivity contribution in [1.29, 1.82) is 0 Å². The van der Waals surface area contributed by atoms with Gasteiger partial charge >= 0.3 is 0 Å². The fourth-order valence-electron chi connectivity index (χ4n) is 6.03. The normalized spacial score (nSPS) is 18.6. The maximum Gasteiger partial charge on any atom is 0.224 e. The zero-order valence-corrected chi connectivity index (χ0v) is 27.7. The van der Waals surface area contributed by atoms with Crippen LogP contribution < -0.4 is 10.6 Å². The van der Waals surface area contributed by atoms with Gasteiger partial charge in [-0.2, -0.15) is 0 Å². The number of aliphatic hydroxyl groups is 1. The Kier molecular flexibility index (Phi) is 12.1. The van der Waals surface area contributed by atoms with Gasteiger partial charge in [0.15, 0.2) is 6.29 Å². The molecule has 1 heterocycles. The Balaban J connectivity index is 1.23. The minimum Gasteiger partial charge on any atom is -0.392 e. The monoisotopic (exact) mass is 637 g/mol. The third-order valence-electron chi connectivity index (χ3n) is 8.94. The number of rotatable bonds is 14. The summed E-state index contributed by atoms with van der Waals surface area (Å²) in [5.74, 6) is -0.0608. The molecule has 4 aromatic rings. The molecule has 4 aromatic carbocycles. The van der Waals surface area contributed by atoms with Crippen LogP contribution in [0, 0.1) is 0 Å². The van der Waals surface area contributed by atoms with Gasteiger partial charge in [0, 0.05) is 50.1 Å². The predicted octanol–water partition coefficient (Wildman–Crippen LogP) is 7.21. The summed E-state index contributed by atoms with van der Waals surface area (Å²) in [6.07, 6.45) is 2.79. The van der Waals surface area contributed by atoms with Crippen molar-refractivity contribution in [3.63, 3.8) is 0 Å². The van der Waals surface area contributed by atoms with Crippen molar-refractivity contribution >= 4 is 28.3 Å². The van der Waals surface area contributed by atoms with Gasteiger partial charge in [0.05, 0.1) is 18.8 Å². The molecule has 8 nitrogen and oxygen atoms in total. The maximum atomic E-state index is 12.5. The molecule has 3 N–H and O–H groups in total. The lowest BCUT2D eigenvalue weighted by Crippen LogP contribution is -2.38. The summed E-state index contributed by atoms with van der Waals surface area (Å²) in [5, 5.41) is 17.8. The van der Waals surface area contributed by atoms with Crippen LogP contribution in [-0.2, 0) is 25.7 Å². The number of likely N-dealkylation sites (N-methyl/N-ethyl adjacent to an activating group) is 1. The van der Waals surface area contributed by atoms with Crippen LogP contribution in [0.1, 0.15) is 86.6 Å². The number of amides is 2. The van der Waals surface area contributed by atoms with E-state index < -0.39 is 6.29 Å². The summed E-state index contributed by atoms with van der Waals surface area (Å²) in [4.78, 5) is 25.8. The highest BCUT2D eigenvalue weighted by Crippen LogP contribution is 2.39. The summed E-state index contributed by atoms with van der Waals surface area (Å²) >= 11 is 0. The third kappa shape index (κ3) is 9.72. The number of carbonyl (C=O) groups excluding carboxylic acids is 2. The Hall–Kier alpha value is -4.08. The molecule has 1 saturated heterocycles. The van der Waals surface area contributed by atoms with Gasteiger partial charge in [0.1, 0.15) is 0 Å². The van der Waals surface area contributed by atoms with E-state index in [9.17, 15) is 14.7 Å². The second kappa shape index (κ2) is 16.7. The molecule has 0 bridgehead atoms. The van der Waals surface area contributed by atoms with E-state index in [-0.39, 0.29) is 36.7 Å². The van der Waals surface area contributed by atoms with Crippen LogP contribution in [0.3, 0.4) is 0 Å². The van der Waals surface area contributed by atoms with Crippen molar-refractivity contribution in [1.82, 2.24) is 10.2 Å². The van der Waals surface area contributed by atoms with Crippen LogP contribution in [0.5, 0.6) is 0 Å². The van der Waals surface area contributed by atoms with Gasteiger partial charge in [-0.15, -0.1) is 0 Å². The van der Waals surface area contributed by atoms with Crippen molar-refractivity contribution in [2.45, 2.75) is 77.1 Å². The minimum absolute atomic E-state index is 0.000883. The first-order valence-electron chi connectivity index (χ1n) is 16.6. The molecule has 0 spiro atoms. The van der Waals surface area contributed by atoms with Crippen LogP contribution in [0.25, 0.3) is 10.8 Å². The molecule has 8 heteroatoms. The molecule has 47 heavy (non-hydrogen) atoms. The number of fused-ring (bicyclic) bond motifs is 1. The van der Waals surface area contributed by atoms with Crippen molar-refractivity contribution in [2.75, 3.05) is 25.5 Å². The van der Waals surface area contributed by atoms with Gasteiger partial charge in [0.2, 0.25) is 11.8 Å². The molecule has 4 atom stereocenters. The number of nitrogens with zero attached hydrogens (tertiary/aromatic N) is 1. The highest BCUT2D eigenvalue weighted by atomic mass is 16.7. The van der Waals surface area contributed by atoms with Gasteiger partial charge in [-0.05, 0) is 72.5 Å². The fraction of sp³-hybridized carbons (Fsp3) is 0.385. The van der Waals surface area contributed by atoms with Crippen LogP contribution in [0.2, 0.25) is 0 Å². The second-order valence-electron chi connectivity index (χ2n) is 12.5. The summed E-state index contributed by atoms with van der Waals surface area (Å²) in [5.41, 5.74) is 4.78. The SMILES string of the molecule is CC(=O)NCCCCCC(=O)Nc1ccc([C@@H]2O[C@H](CN(C)[C@H](C)c3ccc4ccccc4c3)C[C@H](c3ccc(CO)cc3)O2)cc1. The number of nitrogens with one attached hydrogen (secondary N) is 2. The van der Waals surface area contributed by atoms with Gasteiger partial charge in [-0.1, -0.05) is 79.2 Å². The van der Waals surface area contributed by atoms with Crippen molar-refractivity contribution < 1.29 is 24.2 Å². The van der Waals surface area contributed by atoms with E-state index in [2.05, 4.69) is 72.0 Å². The Morgan fingerprint density at radius 1 is 0.894 bits per heavy atom. The van der Waals surface area contributed by atoms with Crippen molar-refractivity contribution in [2.24, 2.45) is 0 Å². The van der Waals surface area contributed by atoms with E-state index >= 15 is 0 Å². The number of ether oxygens (including phenoxy) is 2. The highest BCUT2D eigenvalue weighted by molar-refractivity contribution is 5.90. The molecule has 0 aromatic heterocycles. The number of carbonyl (C=O) groups is 2. The fourth-order valence-corrected chi connectivity index (χ4v) is 6.03. The number of unbranched alkanes of at least 4 members (excludes halogenated alkanes) is 2. The average Bonchev–Trinajstić information content (AvgIpc) is 3.09. The van der Waals surface area contributed by atoms with Crippen molar-refractivity contribution in [3.05, 3.63) is 113 Å². The van der Waals surface area contributed by atoms with E-state index in [0.29, 0.717) is 19.4 Å². The molecule has 5 rings (SSSR count). The van der Waals surface area contributed by atoms with Gasteiger partial charge in [-0.25, -0.2) is 0 Å². The molecule has 2 amide bonds. The van der Waals surface area contributed by atoms with E-state index in [1.54, 1.807) is 0 Å². The lowest BCUT2D eigenvalue weighted by Gasteiger charge is -2.39. The number of aliphatic hydroxyl groups excluding tert-OH is 1. The lowest BCUT2D eigenvalue weighted by atomic mass is 9.98. The Morgan fingerprint density at radius 3 is 2.34 bits per heavy atom. The predicted molar refractivity (Wildman–Crippen MR) is 186 cm³/mol. The summed E-state index contributed by atoms with van der Waals surface area (Å²) in [6.45, 7) is 5.09. The summed E-state index contributed by atoms with van der Waals surface area (Å²) in [6, 6.07) is 30.9. The smallest absolute Gasteiger partial charge is 0.224 e. The van der Waals surface area contributed by atoms with E-state index in [0.717, 1.165) is 48.2 Å². The molecule has 1 aliphatic heterocycles. The maximum absolute atomic E-state index is 12.5. The van der Waals surface area contributed by atoms with E-state index in [1.165, 1.54) is 23.3 Å². The van der Waals surface area contributed by atoms with Crippen LogP contribution in [-0.4, -0.2) is 48.1 Å². The Labute approximate surface area is 278 Å². The minimum atomic E-state index is -0.575. The van der Waals surface area contributed by atoms with Gasteiger partial charge in [-0.3, -0.25) is 14.5 Å². The number of hydrogen-bond donors (Lipinski definition) is 3. The topological polar surface area (TPSA) is 100 Å². The molecule has 0 saturated carbocycles. The van der Waals surface area contributed by atoms with E-state index in [1.807, 2.05) is 48.5 Å². The molecular weight excluding hydrogens is 590 g/mol. The van der Waals surface area contributed by atoms with Crippen LogP contribution in [0.4, 0.5) is 5.69 Å². The van der Waals surface area contributed by atoms with Crippen molar-refractivity contribution in [3.8, 4) is 0 Å². The molecule has 1 aliphatic rings. The van der Waals surface area contributed by atoms with Gasteiger partial charge in [0.25, 0.3) is 0 Å². The first-order valence-corrected chi connectivity index (χ1v) is 16.6. The molecule has 0 radical (unpaired) electrons. The number of anilines is 1. The zero-order valence-electron chi connectivity index (χ0n) is 27.7. The van der Waals surface area contributed by atoms with Crippen LogP contribution >= 0.6 is 0 Å². The summed E-state index contributed by atoms with van der Waals surface area (Å²) in [7, 11) is 2.14. The number of hydrogen-bond acceptors (Lipinski definition) is 6. The lowest BCUT2D eigenvalue weighted by molar-refractivity contribution is -0.253. The van der Waals surface area contributed by atoms with Gasteiger partial charge < -0.3 is 25.2 Å². The summed E-state index contributed by atoms with van der Waals surface area (Å²) < 4.78 is 13.1. The highest BCUT2D eigenvalue weighted by Gasteiger charge is 2.33. The molecule has 0 unspecified atom stereocenters. The van der Waals surface area contributed by atoms with Crippen LogP contribution in [0.15, 0.2) is 91.0 Å². The molecule has 1 fully saturated rings. The Bertz CT molecular complexity index is 1610. The van der Waals surface area contributed by atoms with E-state index in [4.69, 9.17) is 9.47 Å². The largest absolute Gasteiger partial charge is 0.392 e. The number of benzene rings is 4. The first-order chi connectivity index (χ1) is 22.8. The quantitative estimate of drug-likeness (QED) is 0.126. The average molecular weight is 638 g/mol. The third-order valence-corrected chi connectivity index (χ3v) is 8.94.